The molecular formula is C34H39BrN6O5. The number of aliphatic hydroxyl groups excluding tert-OH is 1. The van der Waals surface area contributed by atoms with Crippen LogP contribution in [0.25, 0.3) is 11.0 Å². The average molecular weight is 692 g/mol. The smallest absolute Gasteiger partial charge is 0.250 e. The van der Waals surface area contributed by atoms with E-state index in [4.69, 9.17) is 4.74 Å². The fourth-order valence-electron chi connectivity index (χ4n) is 7.57. The standard InChI is InChI=1S/C34H39BrN6O5/c1-4-16-38(19-22-12-8-7-9-13-22)31(43)27-28-32(44)41(23(6-3)20-42)30(34(28)18-24(35)29(27)46-34)33(45)39(17-5-2)21-40-26-15-11-10-14-25(26)36-37-40/h4-5,7-15,23-24,27-30,42H,1-2,6,16-21H2,3H3/t23-,24?,27-,28-,29-,30?,34?/m0/s1. The first-order valence-electron chi connectivity index (χ1n) is 15.7. The maximum Gasteiger partial charge on any atom is 0.250 e. The topological polar surface area (TPSA) is 121 Å². The molecule has 2 aromatic carbocycles. The van der Waals surface area contributed by atoms with E-state index in [-0.39, 0.29) is 48.9 Å². The monoisotopic (exact) mass is 690 g/mol. The largest absolute Gasteiger partial charge is 0.394 e. The Morgan fingerprint density at radius 1 is 1.11 bits per heavy atom. The maximum absolute atomic E-state index is 14.8. The summed E-state index contributed by atoms with van der Waals surface area (Å²) in [6.45, 7) is 10.1. The minimum Gasteiger partial charge on any atom is -0.394 e. The number of nitrogens with zero attached hydrogens (tertiary/aromatic N) is 6. The number of para-hydroxylation sites is 1. The molecule has 12 heteroatoms. The summed E-state index contributed by atoms with van der Waals surface area (Å²) in [7, 11) is 0. The highest BCUT2D eigenvalue weighted by molar-refractivity contribution is 9.09. The Hall–Kier alpha value is -3.87. The first-order chi connectivity index (χ1) is 22.3. The summed E-state index contributed by atoms with van der Waals surface area (Å²) >= 11 is 3.76. The van der Waals surface area contributed by atoms with Gasteiger partial charge in [-0.2, -0.15) is 0 Å². The number of rotatable bonds is 13. The zero-order valence-electron chi connectivity index (χ0n) is 25.8. The number of hydrogen-bond donors (Lipinski definition) is 1. The predicted octanol–water partition coefficient (Wildman–Crippen LogP) is 3.14. The number of aliphatic hydroxyl groups is 1. The molecule has 3 fully saturated rings. The van der Waals surface area contributed by atoms with Crippen LogP contribution in [0.15, 0.2) is 79.9 Å². The van der Waals surface area contributed by atoms with Crippen LogP contribution < -0.4 is 0 Å². The van der Waals surface area contributed by atoms with Crippen molar-refractivity contribution in [1.82, 2.24) is 29.7 Å². The van der Waals surface area contributed by atoms with Crippen LogP contribution in [-0.2, 0) is 32.3 Å². The normalized spacial score (nSPS) is 27.1. The third-order valence-corrected chi connectivity index (χ3v) is 10.4. The lowest BCUT2D eigenvalue weighted by Crippen LogP contribution is -2.59. The fourth-order valence-corrected chi connectivity index (χ4v) is 8.51. The van der Waals surface area contributed by atoms with Crippen LogP contribution in [0.3, 0.4) is 0 Å². The Balaban J connectivity index is 1.39. The molecule has 46 heavy (non-hydrogen) atoms. The molecule has 242 valence electrons. The van der Waals surface area contributed by atoms with Crippen molar-refractivity contribution in [2.75, 3.05) is 19.7 Å². The van der Waals surface area contributed by atoms with Gasteiger partial charge >= 0.3 is 0 Å². The Morgan fingerprint density at radius 3 is 2.50 bits per heavy atom. The van der Waals surface area contributed by atoms with Crippen LogP contribution in [0.2, 0.25) is 0 Å². The second-order valence-corrected chi connectivity index (χ2v) is 13.4. The molecule has 3 unspecified atom stereocenters. The van der Waals surface area contributed by atoms with Gasteiger partial charge in [-0.3, -0.25) is 14.4 Å². The Morgan fingerprint density at radius 2 is 1.80 bits per heavy atom. The number of aromatic nitrogens is 3. The van der Waals surface area contributed by atoms with Crippen molar-refractivity contribution in [2.24, 2.45) is 11.8 Å². The predicted molar refractivity (Wildman–Crippen MR) is 175 cm³/mol. The summed E-state index contributed by atoms with van der Waals surface area (Å²) in [5, 5.41) is 19.0. The first-order valence-corrected chi connectivity index (χ1v) is 16.6. The van der Waals surface area contributed by atoms with Gasteiger partial charge < -0.3 is 24.5 Å². The molecule has 4 heterocycles. The van der Waals surface area contributed by atoms with Crippen molar-refractivity contribution >= 4 is 44.7 Å². The van der Waals surface area contributed by atoms with Crippen molar-refractivity contribution in [2.45, 2.75) is 61.6 Å². The van der Waals surface area contributed by atoms with Crippen molar-refractivity contribution in [3.05, 3.63) is 85.5 Å². The van der Waals surface area contributed by atoms with Gasteiger partial charge in [0.25, 0.3) is 0 Å². The molecule has 3 aliphatic heterocycles. The highest BCUT2D eigenvalue weighted by Gasteiger charge is 2.77. The van der Waals surface area contributed by atoms with Crippen LogP contribution in [0.4, 0.5) is 0 Å². The molecule has 7 atom stereocenters. The van der Waals surface area contributed by atoms with Crippen LogP contribution in [-0.4, -0.2) is 101 Å². The van der Waals surface area contributed by atoms with Gasteiger partial charge in [0.15, 0.2) is 0 Å². The number of benzene rings is 2. The zero-order valence-corrected chi connectivity index (χ0v) is 27.4. The lowest BCUT2D eigenvalue weighted by molar-refractivity contribution is -0.153. The van der Waals surface area contributed by atoms with E-state index < -0.39 is 35.6 Å². The van der Waals surface area contributed by atoms with E-state index in [1.54, 1.807) is 26.6 Å². The minimum atomic E-state index is -1.27. The summed E-state index contributed by atoms with van der Waals surface area (Å²) in [4.78, 5) is 48.4. The second kappa shape index (κ2) is 13.1. The lowest BCUT2D eigenvalue weighted by atomic mass is 9.70. The molecule has 2 bridgehead atoms. The molecule has 0 saturated carbocycles. The first kappa shape index (κ1) is 32.1. The molecule has 1 N–H and O–H groups in total. The van der Waals surface area contributed by atoms with Crippen LogP contribution in [0.1, 0.15) is 25.3 Å². The van der Waals surface area contributed by atoms with Crippen molar-refractivity contribution in [3.63, 3.8) is 0 Å². The van der Waals surface area contributed by atoms with Crippen LogP contribution in [0.5, 0.6) is 0 Å². The van der Waals surface area contributed by atoms with Crippen molar-refractivity contribution in [1.29, 1.82) is 0 Å². The molecule has 3 aromatic rings. The fraction of sp³-hybridized carbons (Fsp3) is 0.441. The molecule has 1 aromatic heterocycles. The molecule has 1 spiro atoms. The summed E-state index contributed by atoms with van der Waals surface area (Å²) < 4.78 is 8.38. The van der Waals surface area contributed by atoms with E-state index in [1.165, 1.54) is 4.90 Å². The van der Waals surface area contributed by atoms with Gasteiger partial charge in [-0.15, -0.1) is 18.3 Å². The third-order valence-electron chi connectivity index (χ3n) is 9.59. The van der Waals surface area contributed by atoms with E-state index in [0.717, 1.165) is 11.1 Å². The Kier molecular flexibility index (Phi) is 9.13. The lowest BCUT2D eigenvalue weighted by Gasteiger charge is -2.39. The van der Waals surface area contributed by atoms with Gasteiger partial charge in [0.2, 0.25) is 17.7 Å². The molecule has 3 saturated heterocycles. The van der Waals surface area contributed by atoms with Gasteiger partial charge in [0, 0.05) is 24.5 Å². The molecule has 0 aliphatic carbocycles. The highest BCUT2D eigenvalue weighted by atomic mass is 79.9. The van der Waals surface area contributed by atoms with E-state index in [1.807, 2.05) is 61.5 Å². The number of carbonyl (C=O) groups is 3. The maximum atomic E-state index is 14.8. The second-order valence-electron chi connectivity index (χ2n) is 12.2. The van der Waals surface area contributed by atoms with Gasteiger partial charge in [-0.1, -0.05) is 82.7 Å². The number of amides is 3. The molecule has 6 rings (SSSR count). The summed E-state index contributed by atoms with van der Waals surface area (Å²) in [6.07, 6.45) is 3.47. The molecule has 11 nitrogen and oxygen atoms in total. The summed E-state index contributed by atoms with van der Waals surface area (Å²) in [5.74, 6) is -2.64. The van der Waals surface area contributed by atoms with Crippen molar-refractivity contribution < 1.29 is 24.2 Å². The number of alkyl halides is 1. The van der Waals surface area contributed by atoms with Gasteiger partial charge in [-0.05, 0) is 30.5 Å². The molecular weight excluding hydrogens is 652 g/mol. The molecule has 0 radical (unpaired) electrons. The Bertz CT molecular complexity index is 1630. The molecule has 3 amide bonds. The van der Waals surface area contributed by atoms with Crippen LogP contribution >= 0.6 is 15.9 Å². The minimum absolute atomic E-state index is 0.0638. The number of likely N-dealkylation sites (tertiary alicyclic amines) is 1. The number of carbonyl (C=O) groups excluding carboxylic acids is 3. The SMILES string of the molecule is C=CCN(Cn1nnc2ccccc21)C(=O)C1N([C@@H](CC)CO)C(=O)[C@@H]2[C@H](C(=O)N(CC=C)Cc3ccccc3)[C@H]3OC12CC3Br. The zero-order chi connectivity index (χ0) is 32.6. The van der Waals surface area contributed by atoms with E-state index in [9.17, 15) is 19.5 Å². The van der Waals surface area contributed by atoms with Crippen LogP contribution in [0, 0.1) is 11.8 Å². The van der Waals surface area contributed by atoms with E-state index in [2.05, 4.69) is 39.4 Å². The third kappa shape index (κ3) is 5.26. The molecule has 3 aliphatic rings. The van der Waals surface area contributed by atoms with E-state index >= 15 is 0 Å². The van der Waals surface area contributed by atoms with Gasteiger partial charge in [0.05, 0.1) is 36.1 Å². The number of hydrogen-bond acceptors (Lipinski definition) is 7. The number of fused-ring (bicyclic) bond motifs is 2. The summed E-state index contributed by atoms with van der Waals surface area (Å²) in [6, 6.07) is 15.4. The van der Waals surface area contributed by atoms with Gasteiger partial charge in [-0.25, -0.2) is 4.68 Å². The van der Waals surface area contributed by atoms with Crippen molar-refractivity contribution in [3.8, 4) is 0 Å². The summed E-state index contributed by atoms with van der Waals surface area (Å²) in [5.41, 5.74) is 1.13. The van der Waals surface area contributed by atoms with Gasteiger partial charge in [0.1, 0.15) is 23.8 Å². The number of halogens is 1. The highest BCUT2D eigenvalue weighted by Crippen LogP contribution is 2.61. The van der Waals surface area contributed by atoms with E-state index in [0.29, 0.717) is 24.9 Å². The quantitative estimate of drug-likeness (QED) is 0.216. The number of ether oxygens (including phenoxy) is 1. The average Bonchev–Trinajstić information content (AvgIpc) is 3.78. The Labute approximate surface area is 276 Å².